The normalized spacial score (nSPS) is 20.6. The van der Waals surface area contributed by atoms with Crippen molar-refractivity contribution in [2.24, 2.45) is 11.7 Å². The van der Waals surface area contributed by atoms with Gasteiger partial charge in [-0.3, -0.25) is 14.8 Å². The second kappa shape index (κ2) is 9.80. The number of carbonyl (C=O) groups excluding carboxylic acids is 1. The molecule has 2 heterocycles. The van der Waals surface area contributed by atoms with Crippen molar-refractivity contribution in [1.82, 2.24) is 9.97 Å². The lowest BCUT2D eigenvalue weighted by molar-refractivity contribution is 0.102. The topological polar surface area (TPSA) is 93.4 Å². The van der Waals surface area contributed by atoms with Gasteiger partial charge in [-0.15, -0.1) is 0 Å². The van der Waals surface area contributed by atoms with Crippen LogP contribution in [0.3, 0.4) is 0 Å². The molecule has 1 aromatic carbocycles. The molecule has 1 amide bonds. The highest BCUT2D eigenvalue weighted by atomic mass is 19.1. The van der Waals surface area contributed by atoms with Crippen LogP contribution in [-0.4, -0.2) is 42.8 Å². The summed E-state index contributed by atoms with van der Waals surface area (Å²) < 4.78 is 19.8. The first-order valence-corrected chi connectivity index (χ1v) is 11.2. The Labute approximate surface area is 193 Å². The zero-order valence-electron chi connectivity index (χ0n) is 19.2. The number of methoxy groups -OCH3 is 1. The minimum absolute atomic E-state index is 0.145. The number of anilines is 2. The standard InChI is InChI=1S/C25H30FN5O2/c1-15-8-16(10-17(27)9-15)19-6-7-28-13-23(19)30-25(32)20-4-5-22(26)21-11-18(12-29-24(20)21)31(2)14-33-3/h4-7,11-13,15-17H,8-10,14,27H2,1-3H3,(H,30,32)/t15-,16+,17-/m0/s1. The summed E-state index contributed by atoms with van der Waals surface area (Å²) in [4.78, 5) is 23.7. The second-order valence-corrected chi connectivity index (χ2v) is 8.99. The molecule has 3 aromatic rings. The maximum atomic E-state index is 14.6. The van der Waals surface area contributed by atoms with E-state index in [2.05, 4.69) is 22.2 Å². The van der Waals surface area contributed by atoms with E-state index in [1.165, 1.54) is 12.1 Å². The van der Waals surface area contributed by atoms with Gasteiger partial charge in [0.15, 0.2) is 0 Å². The van der Waals surface area contributed by atoms with Gasteiger partial charge in [-0.05, 0) is 60.9 Å². The number of fused-ring (bicyclic) bond motifs is 1. The predicted octanol–water partition coefficient (Wildman–Crippen LogP) is 4.29. The number of rotatable bonds is 6. The van der Waals surface area contributed by atoms with Crippen molar-refractivity contribution in [3.05, 3.63) is 59.8 Å². The van der Waals surface area contributed by atoms with Crippen molar-refractivity contribution < 1.29 is 13.9 Å². The molecule has 0 radical (unpaired) electrons. The zero-order valence-corrected chi connectivity index (χ0v) is 19.2. The van der Waals surface area contributed by atoms with Gasteiger partial charge in [0.2, 0.25) is 0 Å². The van der Waals surface area contributed by atoms with E-state index in [4.69, 9.17) is 10.5 Å². The fraction of sp³-hybridized carbons (Fsp3) is 0.400. The van der Waals surface area contributed by atoms with Crippen molar-refractivity contribution in [2.75, 3.05) is 31.1 Å². The largest absolute Gasteiger partial charge is 0.364 e. The number of pyridine rings is 2. The molecule has 8 heteroatoms. The van der Waals surface area contributed by atoms with E-state index in [0.29, 0.717) is 35.1 Å². The summed E-state index contributed by atoms with van der Waals surface area (Å²) in [7, 11) is 3.41. The molecule has 0 aliphatic heterocycles. The number of halogens is 1. The summed E-state index contributed by atoms with van der Waals surface area (Å²) in [6.07, 6.45) is 7.91. The van der Waals surface area contributed by atoms with Crippen LogP contribution in [0.4, 0.5) is 15.8 Å². The molecular formula is C25H30FN5O2. The third-order valence-corrected chi connectivity index (χ3v) is 6.31. The van der Waals surface area contributed by atoms with E-state index in [1.54, 1.807) is 36.7 Å². The number of hydrogen-bond acceptors (Lipinski definition) is 6. The van der Waals surface area contributed by atoms with Crippen LogP contribution in [0.2, 0.25) is 0 Å². The SMILES string of the molecule is COCN(C)c1cnc2c(C(=O)Nc3cnccc3[C@@H]3C[C@H](C)C[C@H](N)C3)ccc(F)c2c1. The number of nitrogens with one attached hydrogen (secondary N) is 1. The van der Waals surface area contributed by atoms with Crippen LogP contribution < -0.4 is 16.0 Å². The Balaban J connectivity index is 1.65. The molecule has 7 nitrogen and oxygen atoms in total. The highest BCUT2D eigenvalue weighted by molar-refractivity contribution is 6.12. The molecule has 33 heavy (non-hydrogen) atoms. The van der Waals surface area contributed by atoms with Crippen molar-refractivity contribution in [3.8, 4) is 0 Å². The van der Waals surface area contributed by atoms with E-state index in [9.17, 15) is 9.18 Å². The summed E-state index contributed by atoms with van der Waals surface area (Å²) >= 11 is 0. The Hall–Kier alpha value is -3.10. The van der Waals surface area contributed by atoms with E-state index in [0.717, 1.165) is 24.8 Å². The van der Waals surface area contributed by atoms with Gasteiger partial charge in [0.25, 0.3) is 5.91 Å². The van der Waals surface area contributed by atoms with E-state index in [1.807, 2.05) is 13.1 Å². The molecule has 3 atom stereocenters. The van der Waals surface area contributed by atoms with Gasteiger partial charge < -0.3 is 20.7 Å². The van der Waals surface area contributed by atoms with Crippen LogP contribution in [0, 0.1) is 11.7 Å². The molecule has 174 valence electrons. The maximum Gasteiger partial charge on any atom is 0.257 e. The Morgan fingerprint density at radius 1 is 1.27 bits per heavy atom. The Morgan fingerprint density at radius 3 is 2.85 bits per heavy atom. The Morgan fingerprint density at radius 2 is 2.09 bits per heavy atom. The summed E-state index contributed by atoms with van der Waals surface area (Å²) in [5.41, 5.74) is 9.25. The molecule has 2 aromatic heterocycles. The minimum Gasteiger partial charge on any atom is -0.364 e. The van der Waals surface area contributed by atoms with Crippen LogP contribution in [0.25, 0.3) is 10.9 Å². The average molecular weight is 452 g/mol. The molecule has 0 saturated heterocycles. The number of nitrogens with two attached hydrogens (primary N) is 1. The van der Waals surface area contributed by atoms with Gasteiger partial charge in [-0.25, -0.2) is 4.39 Å². The summed E-state index contributed by atoms with van der Waals surface area (Å²) in [5.74, 6) is -0.0166. The number of benzene rings is 1. The lowest BCUT2D eigenvalue weighted by Crippen LogP contribution is -2.31. The van der Waals surface area contributed by atoms with Crippen LogP contribution in [0.1, 0.15) is 48.0 Å². The second-order valence-electron chi connectivity index (χ2n) is 8.99. The lowest BCUT2D eigenvalue weighted by atomic mass is 9.76. The lowest BCUT2D eigenvalue weighted by Gasteiger charge is -2.32. The summed E-state index contributed by atoms with van der Waals surface area (Å²) in [5, 5.41) is 3.27. The van der Waals surface area contributed by atoms with Crippen LogP contribution in [0.15, 0.2) is 42.9 Å². The molecule has 0 spiro atoms. The first-order valence-electron chi connectivity index (χ1n) is 11.2. The summed E-state index contributed by atoms with van der Waals surface area (Å²) in [6.45, 7) is 2.54. The molecule has 1 saturated carbocycles. The highest BCUT2D eigenvalue weighted by Crippen LogP contribution is 2.38. The Bertz CT molecular complexity index is 1140. The zero-order chi connectivity index (χ0) is 23.5. The molecule has 0 unspecified atom stereocenters. The number of nitrogens with zero attached hydrogens (tertiary/aromatic N) is 3. The third-order valence-electron chi connectivity index (χ3n) is 6.31. The Kier molecular flexibility index (Phi) is 6.85. The van der Waals surface area contributed by atoms with Crippen LogP contribution >= 0.6 is 0 Å². The quantitative estimate of drug-likeness (QED) is 0.543. The first-order chi connectivity index (χ1) is 15.9. The predicted molar refractivity (Wildman–Crippen MR) is 128 cm³/mol. The average Bonchev–Trinajstić information content (AvgIpc) is 2.79. The molecular weight excluding hydrogens is 421 g/mol. The van der Waals surface area contributed by atoms with Crippen molar-refractivity contribution in [1.29, 1.82) is 0 Å². The number of hydrogen-bond donors (Lipinski definition) is 2. The number of amides is 1. The van der Waals surface area contributed by atoms with Gasteiger partial charge in [0, 0.05) is 31.8 Å². The summed E-state index contributed by atoms with van der Waals surface area (Å²) in [6, 6.07) is 6.53. The van der Waals surface area contributed by atoms with Gasteiger partial charge in [0.1, 0.15) is 12.5 Å². The van der Waals surface area contributed by atoms with Crippen molar-refractivity contribution in [3.63, 3.8) is 0 Å². The fourth-order valence-corrected chi connectivity index (χ4v) is 4.80. The van der Waals surface area contributed by atoms with Crippen molar-refractivity contribution in [2.45, 2.75) is 38.1 Å². The molecule has 4 rings (SSSR count). The fourth-order valence-electron chi connectivity index (χ4n) is 4.80. The first kappa shape index (κ1) is 23.1. The van der Waals surface area contributed by atoms with Crippen LogP contribution in [0.5, 0.6) is 0 Å². The number of carbonyl (C=O) groups is 1. The third kappa shape index (κ3) is 4.96. The smallest absolute Gasteiger partial charge is 0.257 e. The minimum atomic E-state index is -0.436. The highest BCUT2D eigenvalue weighted by Gasteiger charge is 2.27. The maximum absolute atomic E-state index is 14.6. The number of aromatic nitrogens is 2. The van der Waals surface area contributed by atoms with Crippen molar-refractivity contribution >= 4 is 28.2 Å². The molecule has 1 fully saturated rings. The molecule has 1 aliphatic rings. The van der Waals surface area contributed by atoms with Gasteiger partial charge in [-0.1, -0.05) is 6.92 Å². The molecule has 1 aliphatic carbocycles. The van der Waals surface area contributed by atoms with Gasteiger partial charge >= 0.3 is 0 Å². The van der Waals surface area contributed by atoms with Crippen LogP contribution in [-0.2, 0) is 4.74 Å². The van der Waals surface area contributed by atoms with Gasteiger partial charge in [-0.2, -0.15) is 0 Å². The van der Waals surface area contributed by atoms with E-state index >= 15 is 0 Å². The van der Waals surface area contributed by atoms with Gasteiger partial charge in [0.05, 0.1) is 34.8 Å². The van der Waals surface area contributed by atoms with E-state index < -0.39 is 5.82 Å². The monoisotopic (exact) mass is 451 g/mol. The molecule has 3 N–H and O–H groups in total. The number of ether oxygens (including phenoxy) is 1. The van der Waals surface area contributed by atoms with E-state index in [-0.39, 0.29) is 23.3 Å². The molecule has 0 bridgehead atoms.